The zero-order valence-corrected chi connectivity index (χ0v) is 12.6. The summed E-state index contributed by atoms with van der Waals surface area (Å²) in [6, 6.07) is 7.14. The summed E-state index contributed by atoms with van der Waals surface area (Å²) in [4.78, 5) is 0.731. The van der Waals surface area contributed by atoms with E-state index in [1.807, 2.05) is 0 Å². The molecular weight excluding hydrogens is 335 g/mol. The summed E-state index contributed by atoms with van der Waals surface area (Å²) in [6.45, 7) is 0. The molecule has 2 rings (SSSR count). The maximum Gasteiger partial charge on any atom is 0.191 e. The molecule has 1 aromatic carbocycles. The first kappa shape index (κ1) is 15.1. The van der Waals surface area contributed by atoms with Crippen LogP contribution in [0.25, 0.3) is 4.91 Å². The Labute approximate surface area is 123 Å². The SMILES string of the molecule is COc1ccc(C2=CC(Cl)=S(O[Cl+3]([O-])([O-])[O-])S2)cc1. The molecule has 0 bridgehead atoms. The molecule has 1 aliphatic heterocycles. The van der Waals surface area contributed by atoms with Crippen molar-refractivity contribution in [1.29, 1.82) is 0 Å². The van der Waals surface area contributed by atoms with Crippen LogP contribution < -0.4 is 18.7 Å². The van der Waals surface area contributed by atoms with Gasteiger partial charge in [0.05, 0.1) is 17.4 Å². The molecule has 5 nitrogen and oxygen atoms in total. The summed E-state index contributed by atoms with van der Waals surface area (Å²) in [5.41, 5.74) is 0.836. The minimum Gasteiger partial charge on any atom is -0.497 e. The zero-order chi connectivity index (χ0) is 14.0. The lowest BCUT2D eigenvalue weighted by Gasteiger charge is -2.12. The highest BCUT2D eigenvalue weighted by Gasteiger charge is 2.30. The Morgan fingerprint density at radius 3 is 2.37 bits per heavy atom. The molecule has 0 spiro atoms. The van der Waals surface area contributed by atoms with Gasteiger partial charge in [-0.2, -0.15) is 14.0 Å². The molecular formula is C10H8Cl2O5S2. The molecule has 1 aliphatic rings. The van der Waals surface area contributed by atoms with Crippen molar-refractivity contribution < 1.29 is 32.7 Å². The highest BCUT2D eigenvalue weighted by molar-refractivity contribution is 8.86. The smallest absolute Gasteiger partial charge is 0.191 e. The van der Waals surface area contributed by atoms with E-state index in [1.165, 1.54) is 0 Å². The number of benzene rings is 1. The van der Waals surface area contributed by atoms with Crippen LogP contribution >= 0.6 is 32.2 Å². The molecule has 1 unspecified atom stereocenters. The first-order chi connectivity index (χ1) is 8.89. The molecule has 1 atom stereocenters. The molecule has 0 fully saturated rings. The normalized spacial score (nSPS) is 19.5. The van der Waals surface area contributed by atoms with Crippen LogP contribution in [0.15, 0.2) is 30.3 Å². The van der Waals surface area contributed by atoms with Crippen LogP contribution in [-0.4, -0.2) is 11.4 Å². The Morgan fingerprint density at radius 2 is 1.84 bits per heavy atom. The number of hydrogen-bond acceptors (Lipinski definition) is 6. The van der Waals surface area contributed by atoms with Gasteiger partial charge in [-0.25, -0.2) is 0 Å². The monoisotopic (exact) mass is 342 g/mol. The zero-order valence-electron chi connectivity index (χ0n) is 9.50. The third-order valence-corrected chi connectivity index (χ3v) is 7.07. The number of hydrogen-bond donors (Lipinski definition) is 0. The van der Waals surface area contributed by atoms with E-state index < -0.39 is 20.0 Å². The van der Waals surface area contributed by atoms with Gasteiger partial charge < -0.3 is 4.74 Å². The average molecular weight is 343 g/mol. The van der Waals surface area contributed by atoms with Gasteiger partial charge >= 0.3 is 0 Å². The molecule has 0 aromatic heterocycles. The number of methoxy groups -OCH3 is 1. The van der Waals surface area contributed by atoms with Gasteiger partial charge in [-0.1, -0.05) is 23.7 Å². The van der Waals surface area contributed by atoms with E-state index in [4.69, 9.17) is 16.3 Å². The fourth-order valence-corrected chi connectivity index (χ4v) is 5.91. The van der Waals surface area contributed by atoms with Gasteiger partial charge in [-0.3, -0.25) is 0 Å². The first-order valence-corrected chi connectivity index (χ1v) is 8.90. The van der Waals surface area contributed by atoms with Gasteiger partial charge in [0.1, 0.15) is 13.8 Å². The fourth-order valence-electron chi connectivity index (χ4n) is 1.30. The van der Waals surface area contributed by atoms with E-state index in [1.54, 1.807) is 37.5 Å². The average Bonchev–Trinajstić information content (AvgIpc) is 2.69. The molecule has 104 valence electrons. The maximum absolute atomic E-state index is 10.5. The number of rotatable bonds is 4. The van der Waals surface area contributed by atoms with Gasteiger partial charge in [0.2, 0.25) is 0 Å². The van der Waals surface area contributed by atoms with E-state index in [2.05, 4.69) is 3.74 Å². The van der Waals surface area contributed by atoms with Gasteiger partial charge in [0.25, 0.3) is 0 Å². The van der Waals surface area contributed by atoms with E-state index in [-0.39, 0.29) is 4.32 Å². The molecule has 0 radical (unpaired) electrons. The van der Waals surface area contributed by atoms with Gasteiger partial charge in [0, 0.05) is 4.91 Å². The second kappa shape index (κ2) is 6.02. The summed E-state index contributed by atoms with van der Waals surface area (Å²) in [5.74, 6) is 0.707. The van der Waals surface area contributed by atoms with Crippen molar-refractivity contribution in [1.82, 2.24) is 0 Å². The lowest BCUT2D eigenvalue weighted by atomic mass is 10.2. The Kier molecular flexibility index (Phi) is 4.80. The van der Waals surface area contributed by atoms with Crippen LogP contribution in [0, 0.1) is 10.2 Å². The number of ether oxygens (including phenoxy) is 1. The van der Waals surface area contributed by atoms with Crippen molar-refractivity contribution in [2.24, 2.45) is 0 Å². The molecule has 9 heteroatoms. The molecule has 1 aromatic rings. The quantitative estimate of drug-likeness (QED) is 0.440. The largest absolute Gasteiger partial charge is 0.497 e. The van der Waals surface area contributed by atoms with E-state index >= 15 is 0 Å². The Balaban J connectivity index is 2.12. The van der Waals surface area contributed by atoms with Crippen molar-refractivity contribution in [3.05, 3.63) is 35.9 Å². The number of halogens is 2. The van der Waals surface area contributed by atoms with Crippen LogP contribution in [-0.2, 0) is 3.74 Å². The third kappa shape index (κ3) is 4.11. The van der Waals surface area contributed by atoms with E-state index in [0.717, 1.165) is 21.3 Å². The molecule has 0 N–H and O–H groups in total. The van der Waals surface area contributed by atoms with Crippen LogP contribution in [0.1, 0.15) is 5.56 Å². The highest BCUT2D eigenvalue weighted by Crippen LogP contribution is 2.51. The van der Waals surface area contributed by atoms with Crippen LogP contribution in [0.5, 0.6) is 5.75 Å². The van der Waals surface area contributed by atoms with Crippen molar-refractivity contribution in [2.45, 2.75) is 0 Å². The lowest BCUT2D eigenvalue weighted by molar-refractivity contribution is -1.91. The minimum absolute atomic E-state index is 0.183. The predicted octanol–water partition coefficient (Wildman–Crippen LogP) is 0.164. The van der Waals surface area contributed by atoms with E-state index in [9.17, 15) is 14.0 Å². The van der Waals surface area contributed by atoms with E-state index in [0.29, 0.717) is 5.75 Å². The van der Waals surface area contributed by atoms with Gasteiger partial charge in [-0.15, -0.1) is 0 Å². The molecule has 19 heavy (non-hydrogen) atoms. The van der Waals surface area contributed by atoms with Crippen molar-refractivity contribution in [3.8, 4) is 5.75 Å². The van der Waals surface area contributed by atoms with Crippen molar-refractivity contribution in [3.63, 3.8) is 0 Å². The number of allylic oxidation sites excluding steroid dienone is 1. The molecule has 0 aliphatic carbocycles. The standard InChI is InChI=1S/C10H8Cl2O5S2/c1-16-8-4-2-7(3-5-8)9-6-10(11)19(18-9)17-12(13,14)15/h2-6H,1H3. The van der Waals surface area contributed by atoms with Gasteiger partial charge in [0.15, 0.2) is 9.80 Å². The summed E-state index contributed by atoms with van der Waals surface area (Å²) < 4.78 is 41.2. The minimum atomic E-state index is -4.50. The predicted molar refractivity (Wildman–Crippen MR) is 68.1 cm³/mol. The third-order valence-electron chi connectivity index (χ3n) is 2.08. The van der Waals surface area contributed by atoms with Crippen molar-refractivity contribution >= 4 is 41.4 Å². The molecule has 0 amide bonds. The van der Waals surface area contributed by atoms with Crippen LogP contribution in [0.4, 0.5) is 0 Å². The molecule has 0 saturated carbocycles. The molecule has 1 heterocycles. The van der Waals surface area contributed by atoms with Crippen molar-refractivity contribution in [2.75, 3.05) is 7.11 Å². The first-order valence-electron chi connectivity index (χ1n) is 4.81. The summed E-state index contributed by atoms with van der Waals surface area (Å²) >= 11 is 5.86. The summed E-state index contributed by atoms with van der Waals surface area (Å²) in [6.07, 6.45) is 1.58. The Hall–Kier alpha value is -0.250. The van der Waals surface area contributed by atoms with Crippen LogP contribution in [0.2, 0.25) is 0 Å². The highest BCUT2D eigenvalue weighted by atomic mass is 35.7. The second-order valence-corrected chi connectivity index (χ2v) is 8.12. The Morgan fingerprint density at radius 1 is 1.21 bits per heavy atom. The Bertz CT molecular complexity index is 536. The van der Waals surface area contributed by atoms with Crippen LogP contribution in [0.3, 0.4) is 0 Å². The maximum atomic E-state index is 10.5. The lowest BCUT2D eigenvalue weighted by Crippen LogP contribution is -2.60. The summed E-state index contributed by atoms with van der Waals surface area (Å²) in [5, 5.41) is 0. The second-order valence-electron chi connectivity index (χ2n) is 3.30. The topological polar surface area (TPSA) is 87.6 Å². The fraction of sp³-hybridized carbons (Fsp3) is 0.100. The molecule has 0 saturated heterocycles. The summed E-state index contributed by atoms with van der Waals surface area (Å²) in [7, 11) is -3.17. The van der Waals surface area contributed by atoms with Gasteiger partial charge in [-0.05, 0) is 34.6 Å².